The molecule has 1 aliphatic heterocycles. The maximum absolute atomic E-state index is 12.0. The number of aliphatic carboxylic acids is 2. The third-order valence-corrected chi connectivity index (χ3v) is 3.47. The molecule has 9 nitrogen and oxygen atoms in total. The minimum Gasteiger partial charge on any atom is -0.473 e. The zero-order valence-electron chi connectivity index (χ0n) is 13.8. The number of para-hydroxylation sites is 1. The quantitative estimate of drug-likeness (QED) is 0.645. The van der Waals surface area contributed by atoms with E-state index in [1.807, 2.05) is 6.07 Å². The average Bonchev–Trinajstić information content (AvgIpc) is 2.58. The van der Waals surface area contributed by atoms with E-state index in [-0.39, 0.29) is 5.91 Å². The van der Waals surface area contributed by atoms with Crippen LogP contribution in [0.4, 0.5) is 5.69 Å². The van der Waals surface area contributed by atoms with Crippen LogP contribution in [-0.2, 0) is 14.4 Å². The van der Waals surface area contributed by atoms with E-state index in [9.17, 15) is 4.79 Å². The molecule has 9 heteroatoms. The summed E-state index contributed by atoms with van der Waals surface area (Å²) in [5, 5.41) is 26.6. The number of nitrogens with one attached hydrogen (secondary N) is 1. The van der Waals surface area contributed by atoms with Crippen LogP contribution in [0.25, 0.3) is 0 Å². The number of nitriles is 1. The standard InChI is InChI=1S/C14H18N4O.C2H2O4/c1-17-6-8-18(9-7-17)11-14(19)16-13-5-3-2-4-12(13)10-15;3-1(4)2(5)6/h2-5H,6-9,11H2,1H3,(H,16,19);(H,3,4)(H,5,6). The maximum Gasteiger partial charge on any atom is 0.414 e. The predicted octanol–water partition coefficient (Wildman–Crippen LogP) is -0.100. The number of hydrogen-bond donors (Lipinski definition) is 3. The fourth-order valence-corrected chi connectivity index (χ4v) is 2.09. The number of nitrogens with zero attached hydrogens (tertiary/aromatic N) is 3. The highest BCUT2D eigenvalue weighted by atomic mass is 16.4. The molecule has 0 spiro atoms. The number of benzene rings is 1. The molecule has 134 valence electrons. The molecule has 1 aromatic carbocycles. The van der Waals surface area contributed by atoms with Gasteiger partial charge in [-0.1, -0.05) is 12.1 Å². The number of amides is 1. The van der Waals surface area contributed by atoms with Gasteiger partial charge in [-0.05, 0) is 19.2 Å². The summed E-state index contributed by atoms with van der Waals surface area (Å²) in [5.41, 5.74) is 1.08. The predicted molar refractivity (Wildman–Crippen MR) is 89.0 cm³/mol. The van der Waals surface area contributed by atoms with Crippen molar-refractivity contribution in [3.8, 4) is 6.07 Å². The molecule has 1 fully saturated rings. The highest BCUT2D eigenvalue weighted by Gasteiger charge is 2.16. The normalized spacial score (nSPS) is 14.6. The Morgan fingerprint density at radius 2 is 1.68 bits per heavy atom. The van der Waals surface area contributed by atoms with Gasteiger partial charge in [0, 0.05) is 26.2 Å². The SMILES string of the molecule is CN1CCN(CC(=O)Nc2ccccc2C#N)CC1.O=C(O)C(=O)O. The monoisotopic (exact) mass is 348 g/mol. The maximum atomic E-state index is 12.0. The number of carboxylic acid groups (broad SMARTS) is 2. The van der Waals surface area contributed by atoms with Crippen LogP contribution in [0.3, 0.4) is 0 Å². The second-order valence-corrected chi connectivity index (χ2v) is 5.40. The van der Waals surface area contributed by atoms with E-state index in [4.69, 9.17) is 25.1 Å². The first-order chi connectivity index (χ1) is 11.8. The lowest BCUT2D eigenvalue weighted by atomic mass is 10.2. The summed E-state index contributed by atoms with van der Waals surface area (Å²) in [6.45, 7) is 4.17. The third-order valence-electron chi connectivity index (χ3n) is 3.47. The highest BCUT2D eigenvalue weighted by molar-refractivity contribution is 6.27. The number of likely N-dealkylation sites (N-methyl/N-ethyl adjacent to an activating group) is 1. The number of piperazine rings is 1. The molecule has 2 rings (SSSR count). The second kappa shape index (κ2) is 10.0. The number of carboxylic acids is 2. The van der Waals surface area contributed by atoms with Crippen LogP contribution >= 0.6 is 0 Å². The van der Waals surface area contributed by atoms with Crippen LogP contribution in [-0.4, -0.2) is 77.6 Å². The van der Waals surface area contributed by atoms with Crippen molar-refractivity contribution in [1.82, 2.24) is 9.80 Å². The Hall–Kier alpha value is -2.96. The van der Waals surface area contributed by atoms with Crippen LogP contribution < -0.4 is 5.32 Å². The molecule has 0 saturated carbocycles. The fourth-order valence-electron chi connectivity index (χ4n) is 2.09. The van der Waals surface area contributed by atoms with Crippen LogP contribution in [0, 0.1) is 11.3 Å². The van der Waals surface area contributed by atoms with Crippen molar-refractivity contribution < 1.29 is 24.6 Å². The van der Waals surface area contributed by atoms with Crippen LogP contribution in [0.2, 0.25) is 0 Å². The van der Waals surface area contributed by atoms with Crippen molar-refractivity contribution in [2.75, 3.05) is 45.1 Å². The molecule has 0 atom stereocenters. The molecule has 0 unspecified atom stereocenters. The molecule has 1 aliphatic rings. The first-order valence-electron chi connectivity index (χ1n) is 7.49. The number of anilines is 1. The average molecular weight is 348 g/mol. The smallest absolute Gasteiger partial charge is 0.414 e. The Morgan fingerprint density at radius 3 is 2.20 bits per heavy atom. The first kappa shape index (κ1) is 20.1. The molecule has 0 aliphatic carbocycles. The van der Waals surface area contributed by atoms with E-state index < -0.39 is 11.9 Å². The lowest BCUT2D eigenvalue weighted by Gasteiger charge is -2.31. The van der Waals surface area contributed by atoms with Crippen molar-refractivity contribution >= 4 is 23.5 Å². The van der Waals surface area contributed by atoms with Crippen molar-refractivity contribution in [1.29, 1.82) is 5.26 Å². The Morgan fingerprint density at radius 1 is 1.12 bits per heavy atom. The third kappa shape index (κ3) is 7.43. The lowest BCUT2D eigenvalue weighted by molar-refractivity contribution is -0.159. The summed E-state index contributed by atoms with van der Waals surface area (Å²) >= 11 is 0. The summed E-state index contributed by atoms with van der Waals surface area (Å²) in [6, 6.07) is 9.12. The zero-order chi connectivity index (χ0) is 18.8. The Bertz CT molecular complexity index is 651. The summed E-state index contributed by atoms with van der Waals surface area (Å²) in [5.74, 6) is -3.71. The molecule has 0 radical (unpaired) electrons. The van der Waals surface area contributed by atoms with Crippen LogP contribution in [0.15, 0.2) is 24.3 Å². The van der Waals surface area contributed by atoms with E-state index in [0.29, 0.717) is 17.8 Å². The van der Waals surface area contributed by atoms with Crippen molar-refractivity contribution in [3.63, 3.8) is 0 Å². The minimum absolute atomic E-state index is 0.0627. The van der Waals surface area contributed by atoms with Gasteiger partial charge in [0.2, 0.25) is 5.91 Å². The Balaban J connectivity index is 0.000000450. The van der Waals surface area contributed by atoms with Crippen LogP contribution in [0.1, 0.15) is 5.56 Å². The van der Waals surface area contributed by atoms with Gasteiger partial charge in [-0.15, -0.1) is 0 Å². The molecule has 25 heavy (non-hydrogen) atoms. The highest BCUT2D eigenvalue weighted by Crippen LogP contribution is 2.13. The topological polar surface area (TPSA) is 134 Å². The zero-order valence-corrected chi connectivity index (χ0v) is 13.8. The van der Waals surface area contributed by atoms with Gasteiger partial charge in [0.1, 0.15) is 6.07 Å². The van der Waals surface area contributed by atoms with Gasteiger partial charge in [-0.2, -0.15) is 5.26 Å². The summed E-state index contributed by atoms with van der Waals surface area (Å²) in [7, 11) is 2.08. The second-order valence-electron chi connectivity index (χ2n) is 5.40. The largest absolute Gasteiger partial charge is 0.473 e. The molecule has 1 saturated heterocycles. The number of hydrogen-bond acceptors (Lipinski definition) is 6. The van der Waals surface area contributed by atoms with Gasteiger partial charge in [-0.25, -0.2) is 9.59 Å². The molecule has 0 aromatic heterocycles. The summed E-state index contributed by atoms with van der Waals surface area (Å²) < 4.78 is 0. The lowest BCUT2D eigenvalue weighted by Crippen LogP contribution is -2.47. The van der Waals surface area contributed by atoms with Crippen molar-refractivity contribution in [2.45, 2.75) is 0 Å². The van der Waals surface area contributed by atoms with Gasteiger partial charge in [0.05, 0.1) is 17.8 Å². The van der Waals surface area contributed by atoms with E-state index >= 15 is 0 Å². The molecule has 1 aromatic rings. The summed E-state index contributed by atoms with van der Waals surface area (Å²) in [4.78, 5) is 34.5. The fraction of sp³-hybridized carbons (Fsp3) is 0.375. The van der Waals surface area contributed by atoms with Gasteiger partial charge >= 0.3 is 11.9 Å². The van der Waals surface area contributed by atoms with Crippen molar-refractivity contribution in [2.24, 2.45) is 0 Å². The van der Waals surface area contributed by atoms with Gasteiger partial charge in [0.25, 0.3) is 0 Å². The summed E-state index contributed by atoms with van der Waals surface area (Å²) in [6.07, 6.45) is 0. The van der Waals surface area contributed by atoms with Gasteiger partial charge in [0.15, 0.2) is 0 Å². The molecule has 1 heterocycles. The van der Waals surface area contributed by atoms with E-state index in [2.05, 4.69) is 28.2 Å². The number of rotatable bonds is 3. The Kier molecular flexibility index (Phi) is 8.05. The van der Waals surface area contributed by atoms with E-state index in [1.54, 1.807) is 18.2 Å². The minimum atomic E-state index is -1.82. The first-order valence-corrected chi connectivity index (χ1v) is 7.49. The molecular weight excluding hydrogens is 328 g/mol. The molecule has 0 bridgehead atoms. The molecule has 3 N–H and O–H groups in total. The van der Waals surface area contributed by atoms with Crippen molar-refractivity contribution in [3.05, 3.63) is 29.8 Å². The Labute approximate surface area is 145 Å². The molecular formula is C16H20N4O5. The van der Waals surface area contributed by atoms with Gasteiger partial charge < -0.3 is 20.4 Å². The molecule has 1 amide bonds. The van der Waals surface area contributed by atoms with Crippen LogP contribution in [0.5, 0.6) is 0 Å². The van der Waals surface area contributed by atoms with Gasteiger partial charge in [-0.3, -0.25) is 9.69 Å². The number of carbonyl (C=O) groups is 3. The van der Waals surface area contributed by atoms with E-state index in [1.165, 1.54) is 0 Å². The van der Waals surface area contributed by atoms with E-state index in [0.717, 1.165) is 26.2 Å². The number of carbonyl (C=O) groups excluding carboxylic acids is 1.